The van der Waals surface area contributed by atoms with Crippen LogP contribution in [0.25, 0.3) is 10.9 Å². The SMILES string of the molecule is Cc1nn(Cc2cccnc2C#N)c(C)c1NC(=O)c1cc(C(F)(F)F)nc2ccc(Br)cc12. The topological polar surface area (TPSA) is 96.5 Å². The van der Waals surface area contributed by atoms with Crippen molar-refractivity contribution < 1.29 is 18.0 Å². The second-order valence-electron chi connectivity index (χ2n) is 7.49. The van der Waals surface area contributed by atoms with Gasteiger partial charge in [0.1, 0.15) is 17.5 Å². The third-order valence-electron chi connectivity index (χ3n) is 5.24. The van der Waals surface area contributed by atoms with Crippen LogP contribution in [0.5, 0.6) is 0 Å². The summed E-state index contributed by atoms with van der Waals surface area (Å²) in [6, 6.07) is 10.7. The molecule has 0 saturated carbocycles. The highest BCUT2D eigenvalue weighted by molar-refractivity contribution is 9.10. The van der Waals surface area contributed by atoms with Crippen LogP contribution < -0.4 is 5.32 Å². The molecule has 1 aromatic carbocycles. The van der Waals surface area contributed by atoms with Gasteiger partial charge in [-0.1, -0.05) is 22.0 Å². The zero-order valence-electron chi connectivity index (χ0n) is 17.9. The predicted molar refractivity (Wildman–Crippen MR) is 122 cm³/mol. The number of fused-ring (bicyclic) bond motifs is 1. The number of pyridine rings is 2. The third-order valence-corrected chi connectivity index (χ3v) is 5.74. The molecule has 1 N–H and O–H groups in total. The van der Waals surface area contributed by atoms with Crippen molar-refractivity contribution in [3.05, 3.63) is 81.0 Å². The zero-order chi connectivity index (χ0) is 24.6. The lowest BCUT2D eigenvalue weighted by atomic mass is 10.1. The number of carbonyl (C=O) groups excluding carboxylic acids is 1. The van der Waals surface area contributed by atoms with Crippen molar-refractivity contribution in [1.82, 2.24) is 19.7 Å². The smallest absolute Gasteiger partial charge is 0.319 e. The number of nitriles is 1. The molecule has 11 heteroatoms. The Balaban J connectivity index is 1.73. The van der Waals surface area contributed by atoms with Crippen LogP contribution >= 0.6 is 15.9 Å². The van der Waals surface area contributed by atoms with Gasteiger partial charge in [0.05, 0.1) is 34.7 Å². The summed E-state index contributed by atoms with van der Waals surface area (Å²) in [5.74, 6) is -0.721. The fraction of sp³-hybridized carbons (Fsp3) is 0.174. The van der Waals surface area contributed by atoms with Gasteiger partial charge in [-0.15, -0.1) is 0 Å². The normalized spacial score (nSPS) is 11.4. The lowest BCUT2D eigenvalue weighted by molar-refractivity contribution is -0.140. The molecule has 0 saturated heterocycles. The molecule has 0 unspecified atom stereocenters. The Labute approximate surface area is 200 Å². The minimum absolute atomic E-state index is 0.0490. The van der Waals surface area contributed by atoms with Crippen LogP contribution in [0.4, 0.5) is 18.9 Å². The van der Waals surface area contributed by atoms with Crippen LogP contribution in [0.15, 0.2) is 47.1 Å². The van der Waals surface area contributed by atoms with E-state index >= 15 is 0 Å². The number of halogens is 4. The van der Waals surface area contributed by atoms with E-state index in [1.165, 1.54) is 12.3 Å². The molecule has 0 aliphatic heterocycles. The number of carbonyl (C=O) groups is 1. The number of amides is 1. The Hall–Kier alpha value is -3.78. The van der Waals surface area contributed by atoms with Gasteiger partial charge >= 0.3 is 6.18 Å². The summed E-state index contributed by atoms with van der Waals surface area (Å²) >= 11 is 3.29. The van der Waals surface area contributed by atoms with E-state index in [-0.39, 0.29) is 28.7 Å². The number of alkyl halides is 3. The van der Waals surface area contributed by atoms with Gasteiger partial charge in [0.2, 0.25) is 0 Å². The number of benzene rings is 1. The van der Waals surface area contributed by atoms with E-state index < -0.39 is 17.8 Å². The second-order valence-corrected chi connectivity index (χ2v) is 8.41. The first-order valence-electron chi connectivity index (χ1n) is 9.95. The summed E-state index contributed by atoms with van der Waals surface area (Å²) in [6.07, 6.45) is -3.20. The number of hydrogen-bond donors (Lipinski definition) is 1. The molecule has 1 amide bonds. The molecule has 4 rings (SSSR count). The van der Waals surface area contributed by atoms with Crippen molar-refractivity contribution in [3.8, 4) is 6.07 Å². The maximum absolute atomic E-state index is 13.4. The van der Waals surface area contributed by atoms with Crippen LogP contribution in [-0.4, -0.2) is 25.7 Å². The number of nitrogens with zero attached hydrogens (tertiary/aromatic N) is 5. The van der Waals surface area contributed by atoms with Crippen molar-refractivity contribution in [2.45, 2.75) is 26.6 Å². The molecule has 4 aromatic rings. The minimum atomic E-state index is -4.71. The quantitative estimate of drug-likeness (QED) is 0.382. The Morgan fingerprint density at radius 2 is 2.00 bits per heavy atom. The Bertz CT molecular complexity index is 1470. The lowest BCUT2D eigenvalue weighted by Crippen LogP contribution is -2.17. The highest BCUT2D eigenvalue weighted by atomic mass is 79.9. The molecule has 3 aromatic heterocycles. The van der Waals surface area contributed by atoms with Crippen LogP contribution in [0.2, 0.25) is 0 Å². The first-order chi connectivity index (χ1) is 16.1. The van der Waals surface area contributed by atoms with Crippen molar-refractivity contribution in [3.63, 3.8) is 0 Å². The summed E-state index contributed by atoms with van der Waals surface area (Å²) in [4.78, 5) is 20.9. The molecule has 0 atom stereocenters. The monoisotopic (exact) mass is 528 g/mol. The number of nitrogens with one attached hydrogen (secondary N) is 1. The predicted octanol–water partition coefficient (Wildman–Crippen LogP) is 5.40. The van der Waals surface area contributed by atoms with E-state index in [0.717, 1.165) is 6.07 Å². The highest BCUT2D eigenvalue weighted by Crippen LogP contribution is 2.32. The molecule has 0 fully saturated rings. The molecule has 0 aliphatic rings. The fourth-order valence-corrected chi connectivity index (χ4v) is 3.93. The van der Waals surface area contributed by atoms with Crippen molar-refractivity contribution in [1.29, 1.82) is 5.26 Å². The van der Waals surface area contributed by atoms with Gasteiger partial charge in [-0.05, 0) is 44.2 Å². The fourth-order valence-electron chi connectivity index (χ4n) is 3.57. The molecule has 7 nitrogen and oxygen atoms in total. The van der Waals surface area contributed by atoms with Crippen LogP contribution in [0.1, 0.15) is 38.7 Å². The molecule has 0 spiro atoms. The Morgan fingerprint density at radius 3 is 2.71 bits per heavy atom. The largest absolute Gasteiger partial charge is 0.433 e. The van der Waals surface area contributed by atoms with Gasteiger partial charge in [0.15, 0.2) is 0 Å². The highest BCUT2D eigenvalue weighted by Gasteiger charge is 2.34. The summed E-state index contributed by atoms with van der Waals surface area (Å²) in [7, 11) is 0. The average Bonchev–Trinajstić information content (AvgIpc) is 3.05. The molecule has 0 radical (unpaired) electrons. The Morgan fingerprint density at radius 1 is 1.24 bits per heavy atom. The molecular formula is C23H16BrF3N6O. The third kappa shape index (κ3) is 4.49. The van der Waals surface area contributed by atoms with E-state index in [4.69, 9.17) is 0 Å². The van der Waals surface area contributed by atoms with Crippen LogP contribution in [0.3, 0.4) is 0 Å². The Kier molecular flexibility index (Phi) is 6.10. The first kappa shape index (κ1) is 23.4. The average molecular weight is 529 g/mol. The molecule has 0 bridgehead atoms. The van der Waals surface area contributed by atoms with Crippen LogP contribution in [-0.2, 0) is 12.7 Å². The van der Waals surface area contributed by atoms with Gasteiger partial charge in [0, 0.05) is 21.6 Å². The maximum atomic E-state index is 13.4. The van der Waals surface area contributed by atoms with Gasteiger partial charge in [-0.25, -0.2) is 9.97 Å². The van der Waals surface area contributed by atoms with E-state index in [1.807, 2.05) is 6.07 Å². The number of rotatable bonds is 4. The standard InChI is InChI=1S/C23H16BrF3N6O/c1-12-21(13(2)33(32-12)11-14-4-3-7-29-19(14)10-28)31-22(34)17-9-20(23(25,26)27)30-18-6-5-15(24)8-16(17)18/h3-9H,11H2,1-2H3,(H,31,34). The summed E-state index contributed by atoms with van der Waals surface area (Å²) in [5, 5.41) is 16.7. The molecule has 3 heterocycles. The summed E-state index contributed by atoms with van der Waals surface area (Å²) in [6.45, 7) is 3.64. The number of aryl methyl sites for hydroxylation is 1. The molecule has 34 heavy (non-hydrogen) atoms. The van der Waals surface area contributed by atoms with E-state index in [9.17, 15) is 23.2 Å². The van der Waals surface area contributed by atoms with Gasteiger partial charge in [-0.2, -0.15) is 23.5 Å². The number of anilines is 1. The van der Waals surface area contributed by atoms with Crippen LogP contribution in [0, 0.1) is 25.2 Å². The van der Waals surface area contributed by atoms with E-state index in [2.05, 4.69) is 36.3 Å². The number of hydrogen-bond acceptors (Lipinski definition) is 5. The molecular weight excluding hydrogens is 513 g/mol. The van der Waals surface area contributed by atoms with Crippen molar-refractivity contribution in [2.75, 3.05) is 5.32 Å². The van der Waals surface area contributed by atoms with Crippen molar-refractivity contribution >= 4 is 38.4 Å². The summed E-state index contributed by atoms with van der Waals surface area (Å²) in [5.41, 5.74) is 1.07. The summed E-state index contributed by atoms with van der Waals surface area (Å²) < 4.78 is 42.5. The van der Waals surface area contributed by atoms with Gasteiger partial charge in [-0.3, -0.25) is 9.48 Å². The van der Waals surface area contributed by atoms with E-state index in [0.29, 0.717) is 27.1 Å². The van der Waals surface area contributed by atoms with Gasteiger partial charge in [0.25, 0.3) is 5.91 Å². The maximum Gasteiger partial charge on any atom is 0.433 e. The molecule has 0 aliphatic carbocycles. The lowest BCUT2D eigenvalue weighted by Gasteiger charge is -2.13. The van der Waals surface area contributed by atoms with E-state index in [1.54, 1.807) is 42.8 Å². The zero-order valence-corrected chi connectivity index (χ0v) is 19.5. The number of aromatic nitrogens is 4. The second kappa shape index (κ2) is 8.87. The minimum Gasteiger partial charge on any atom is -0.319 e. The van der Waals surface area contributed by atoms with Gasteiger partial charge < -0.3 is 5.32 Å². The molecule has 172 valence electrons. The first-order valence-corrected chi connectivity index (χ1v) is 10.7. The van der Waals surface area contributed by atoms with Crippen molar-refractivity contribution in [2.24, 2.45) is 0 Å².